The number of Topliss-reactive ketones (excluding diaryl/α,β-unsaturated/α-hetero) is 1. The lowest BCUT2D eigenvalue weighted by atomic mass is 10.1. The Hall–Kier alpha value is -1.35. The summed E-state index contributed by atoms with van der Waals surface area (Å²) in [6.07, 6.45) is 1.03. The van der Waals surface area contributed by atoms with Gasteiger partial charge in [-0.1, -0.05) is 0 Å². The summed E-state index contributed by atoms with van der Waals surface area (Å²) >= 11 is 0. The molecule has 16 heavy (non-hydrogen) atoms. The minimum atomic E-state index is 0.137. The lowest BCUT2D eigenvalue weighted by Crippen LogP contribution is -2.24. The molecule has 0 saturated carbocycles. The van der Waals surface area contributed by atoms with E-state index in [0.29, 0.717) is 0 Å². The summed E-state index contributed by atoms with van der Waals surface area (Å²) in [5, 5.41) is 0. The van der Waals surface area contributed by atoms with E-state index in [-0.39, 0.29) is 5.78 Å². The van der Waals surface area contributed by atoms with Crippen molar-refractivity contribution in [2.24, 2.45) is 0 Å². The molecular formula is C13H17NO2. The number of rotatable bonds is 4. The number of carbonyl (C=O) groups is 1. The molecule has 1 aliphatic heterocycles. The minimum Gasteiger partial charge on any atom is -0.383 e. The molecule has 0 saturated heterocycles. The van der Waals surface area contributed by atoms with Crippen molar-refractivity contribution in [1.29, 1.82) is 0 Å². The molecule has 3 nitrogen and oxygen atoms in total. The van der Waals surface area contributed by atoms with Crippen LogP contribution in [0.2, 0.25) is 0 Å². The SMILES string of the molecule is COCCN1CCc2cc(C(C)=O)ccc21. The molecule has 0 aliphatic carbocycles. The third-order valence-corrected chi connectivity index (χ3v) is 3.04. The lowest BCUT2D eigenvalue weighted by molar-refractivity contribution is 0.101. The average Bonchev–Trinajstić information content (AvgIpc) is 2.68. The summed E-state index contributed by atoms with van der Waals surface area (Å²) in [4.78, 5) is 13.6. The second-order valence-corrected chi connectivity index (χ2v) is 4.13. The van der Waals surface area contributed by atoms with Gasteiger partial charge in [0.15, 0.2) is 5.78 Å². The minimum absolute atomic E-state index is 0.137. The number of benzene rings is 1. The topological polar surface area (TPSA) is 29.5 Å². The monoisotopic (exact) mass is 219 g/mol. The van der Waals surface area contributed by atoms with E-state index in [9.17, 15) is 4.79 Å². The van der Waals surface area contributed by atoms with Gasteiger partial charge in [-0.25, -0.2) is 0 Å². The van der Waals surface area contributed by atoms with Gasteiger partial charge in [-0.2, -0.15) is 0 Å². The molecule has 2 rings (SSSR count). The van der Waals surface area contributed by atoms with Gasteiger partial charge in [-0.3, -0.25) is 4.79 Å². The highest BCUT2D eigenvalue weighted by Gasteiger charge is 2.19. The van der Waals surface area contributed by atoms with Crippen LogP contribution in [0.1, 0.15) is 22.8 Å². The molecule has 1 heterocycles. The van der Waals surface area contributed by atoms with Gasteiger partial charge < -0.3 is 9.64 Å². The van der Waals surface area contributed by atoms with E-state index in [1.54, 1.807) is 14.0 Å². The van der Waals surface area contributed by atoms with Crippen LogP contribution < -0.4 is 4.90 Å². The van der Waals surface area contributed by atoms with E-state index >= 15 is 0 Å². The smallest absolute Gasteiger partial charge is 0.159 e. The van der Waals surface area contributed by atoms with E-state index in [1.165, 1.54) is 11.3 Å². The number of nitrogens with zero attached hydrogens (tertiary/aromatic N) is 1. The van der Waals surface area contributed by atoms with E-state index < -0.39 is 0 Å². The summed E-state index contributed by atoms with van der Waals surface area (Å²) in [5.41, 5.74) is 3.35. The third-order valence-electron chi connectivity index (χ3n) is 3.04. The number of methoxy groups -OCH3 is 1. The third kappa shape index (κ3) is 2.09. The number of carbonyl (C=O) groups excluding carboxylic acids is 1. The number of ether oxygens (including phenoxy) is 1. The first kappa shape index (κ1) is 11.1. The molecule has 3 heteroatoms. The van der Waals surface area contributed by atoms with Crippen LogP contribution in [-0.4, -0.2) is 32.6 Å². The Kier molecular flexibility index (Phi) is 3.25. The van der Waals surface area contributed by atoms with Gasteiger partial charge in [0.1, 0.15) is 0 Å². The number of fused-ring (bicyclic) bond motifs is 1. The maximum absolute atomic E-state index is 11.3. The van der Waals surface area contributed by atoms with Crippen LogP contribution in [0.25, 0.3) is 0 Å². The second-order valence-electron chi connectivity index (χ2n) is 4.13. The molecule has 1 aliphatic rings. The molecular weight excluding hydrogens is 202 g/mol. The van der Waals surface area contributed by atoms with E-state index in [1.807, 2.05) is 12.1 Å². The number of hydrogen-bond donors (Lipinski definition) is 0. The van der Waals surface area contributed by atoms with Crippen LogP contribution in [-0.2, 0) is 11.2 Å². The van der Waals surface area contributed by atoms with Crippen LogP contribution in [0.5, 0.6) is 0 Å². The molecule has 0 N–H and O–H groups in total. The van der Waals surface area contributed by atoms with Crippen molar-refractivity contribution in [1.82, 2.24) is 0 Å². The predicted octanol–water partition coefficient (Wildman–Crippen LogP) is 1.90. The van der Waals surface area contributed by atoms with Crippen molar-refractivity contribution in [3.05, 3.63) is 29.3 Å². The largest absolute Gasteiger partial charge is 0.383 e. The van der Waals surface area contributed by atoms with Crippen molar-refractivity contribution in [2.75, 3.05) is 31.7 Å². The predicted molar refractivity (Wildman–Crippen MR) is 64.2 cm³/mol. The zero-order chi connectivity index (χ0) is 11.5. The Morgan fingerprint density at radius 2 is 2.31 bits per heavy atom. The number of ketones is 1. The zero-order valence-corrected chi connectivity index (χ0v) is 9.82. The highest BCUT2D eigenvalue weighted by molar-refractivity contribution is 5.94. The molecule has 0 aromatic heterocycles. The Morgan fingerprint density at radius 3 is 3.00 bits per heavy atom. The first-order valence-electron chi connectivity index (χ1n) is 5.60. The summed E-state index contributed by atoms with van der Waals surface area (Å²) in [7, 11) is 1.72. The lowest BCUT2D eigenvalue weighted by Gasteiger charge is -2.18. The Balaban J connectivity index is 2.18. The van der Waals surface area contributed by atoms with Crippen LogP contribution in [0.4, 0.5) is 5.69 Å². The summed E-state index contributed by atoms with van der Waals surface area (Å²) in [6.45, 7) is 4.30. The highest BCUT2D eigenvalue weighted by atomic mass is 16.5. The fourth-order valence-corrected chi connectivity index (χ4v) is 2.12. The van der Waals surface area contributed by atoms with Crippen molar-refractivity contribution in [3.63, 3.8) is 0 Å². The molecule has 0 bridgehead atoms. The van der Waals surface area contributed by atoms with Crippen LogP contribution in [0.3, 0.4) is 0 Å². The Bertz CT molecular complexity index is 401. The fraction of sp³-hybridized carbons (Fsp3) is 0.462. The molecule has 86 valence electrons. The molecule has 0 spiro atoms. The molecule has 0 atom stereocenters. The van der Waals surface area contributed by atoms with Crippen LogP contribution in [0.15, 0.2) is 18.2 Å². The average molecular weight is 219 g/mol. The van der Waals surface area contributed by atoms with Crippen molar-refractivity contribution in [3.8, 4) is 0 Å². The molecule has 0 amide bonds. The first-order valence-corrected chi connectivity index (χ1v) is 5.60. The second kappa shape index (κ2) is 4.66. The van der Waals surface area contributed by atoms with Gasteiger partial charge >= 0.3 is 0 Å². The van der Waals surface area contributed by atoms with Crippen LogP contribution >= 0.6 is 0 Å². The Labute approximate surface area is 96.0 Å². The van der Waals surface area contributed by atoms with Gasteiger partial charge in [-0.15, -0.1) is 0 Å². The zero-order valence-electron chi connectivity index (χ0n) is 9.82. The van der Waals surface area contributed by atoms with Crippen molar-refractivity contribution < 1.29 is 9.53 Å². The van der Waals surface area contributed by atoms with Gasteiger partial charge in [0, 0.05) is 31.5 Å². The first-order chi connectivity index (χ1) is 7.72. The number of anilines is 1. The maximum Gasteiger partial charge on any atom is 0.159 e. The summed E-state index contributed by atoms with van der Waals surface area (Å²) in [6, 6.07) is 5.98. The molecule has 0 radical (unpaired) electrons. The van der Waals surface area contributed by atoms with Crippen molar-refractivity contribution >= 4 is 11.5 Å². The van der Waals surface area contributed by atoms with Gasteiger partial charge in [0.25, 0.3) is 0 Å². The van der Waals surface area contributed by atoms with E-state index in [4.69, 9.17) is 4.74 Å². The quantitative estimate of drug-likeness (QED) is 0.724. The normalized spacial score (nSPS) is 14.0. The number of hydrogen-bond acceptors (Lipinski definition) is 3. The molecule has 0 unspecified atom stereocenters. The maximum atomic E-state index is 11.3. The molecule has 0 fully saturated rings. The standard InChI is InChI=1S/C13H17NO2/c1-10(15)11-3-4-13-12(9-11)5-6-14(13)7-8-16-2/h3-4,9H,5-8H2,1-2H3. The Morgan fingerprint density at radius 1 is 1.50 bits per heavy atom. The van der Waals surface area contributed by atoms with Gasteiger partial charge in [0.2, 0.25) is 0 Å². The summed E-state index contributed by atoms with van der Waals surface area (Å²) < 4.78 is 5.08. The summed E-state index contributed by atoms with van der Waals surface area (Å²) in [5.74, 6) is 0.137. The highest BCUT2D eigenvalue weighted by Crippen LogP contribution is 2.28. The fourth-order valence-electron chi connectivity index (χ4n) is 2.12. The van der Waals surface area contributed by atoms with E-state index in [0.717, 1.165) is 31.7 Å². The van der Waals surface area contributed by atoms with Gasteiger partial charge in [0.05, 0.1) is 6.61 Å². The van der Waals surface area contributed by atoms with Crippen LogP contribution in [0, 0.1) is 0 Å². The molecule has 1 aromatic rings. The van der Waals surface area contributed by atoms with Gasteiger partial charge in [-0.05, 0) is 37.1 Å². The molecule has 1 aromatic carbocycles. The van der Waals surface area contributed by atoms with E-state index in [2.05, 4.69) is 11.0 Å². The van der Waals surface area contributed by atoms with Crippen molar-refractivity contribution in [2.45, 2.75) is 13.3 Å².